The number of benzene rings is 1. The fraction of sp³-hybridized carbons (Fsp3) is 0.545. The van der Waals surface area contributed by atoms with Gasteiger partial charge in [0.1, 0.15) is 0 Å². The number of sulfonamides is 1. The molecule has 4 atom stereocenters. The van der Waals surface area contributed by atoms with Crippen molar-refractivity contribution in [1.82, 2.24) is 9.21 Å². The molecule has 0 spiro atoms. The van der Waals surface area contributed by atoms with Crippen LogP contribution in [0.25, 0.3) is 0 Å². The van der Waals surface area contributed by atoms with Crippen molar-refractivity contribution < 1.29 is 18.3 Å². The van der Waals surface area contributed by atoms with Gasteiger partial charge >= 0.3 is 5.97 Å². The Bertz CT molecular complexity index is 984. The van der Waals surface area contributed by atoms with Crippen LogP contribution in [0.15, 0.2) is 41.3 Å². The molecule has 3 aliphatic heterocycles. The standard InChI is InChI=1S/C22H27N3O4S/c23-13-16-4-1-7-19(12-16)30(28,29)25-14-18-6-3-10-24-11-9-17(5-2-8-21(26)27)20(15-25)22(18)24/h1-2,4,7-8,12,17-18,20,22H,3,5-6,9-11,14-15H2,(H,26,27)/b8-2+. The van der Waals surface area contributed by atoms with Crippen LogP contribution in [0, 0.1) is 29.1 Å². The van der Waals surface area contributed by atoms with Gasteiger partial charge in [-0.2, -0.15) is 9.57 Å². The number of nitriles is 1. The van der Waals surface area contributed by atoms with E-state index in [4.69, 9.17) is 10.4 Å². The Morgan fingerprint density at radius 1 is 1.27 bits per heavy atom. The smallest absolute Gasteiger partial charge is 0.327 e. The third-order valence-electron chi connectivity index (χ3n) is 6.91. The lowest BCUT2D eigenvalue weighted by Gasteiger charge is -2.56. The van der Waals surface area contributed by atoms with Crippen molar-refractivity contribution in [1.29, 1.82) is 5.26 Å². The van der Waals surface area contributed by atoms with E-state index in [2.05, 4.69) is 4.90 Å². The monoisotopic (exact) mass is 429 g/mol. The van der Waals surface area contributed by atoms with Crippen LogP contribution in [-0.4, -0.2) is 60.9 Å². The summed E-state index contributed by atoms with van der Waals surface area (Å²) in [5.41, 5.74) is 0.337. The number of carboxylic acids is 1. The van der Waals surface area contributed by atoms with E-state index in [1.54, 1.807) is 28.6 Å². The van der Waals surface area contributed by atoms with Crippen molar-refractivity contribution in [3.8, 4) is 6.07 Å². The summed E-state index contributed by atoms with van der Waals surface area (Å²) in [5, 5.41) is 18.1. The van der Waals surface area contributed by atoms with Gasteiger partial charge in [0, 0.05) is 25.2 Å². The zero-order valence-electron chi connectivity index (χ0n) is 16.9. The molecule has 3 heterocycles. The van der Waals surface area contributed by atoms with Crippen LogP contribution < -0.4 is 0 Å². The van der Waals surface area contributed by atoms with Gasteiger partial charge in [0.15, 0.2) is 0 Å². The van der Waals surface area contributed by atoms with Gasteiger partial charge in [0.25, 0.3) is 0 Å². The highest BCUT2D eigenvalue weighted by Gasteiger charge is 2.49. The fourth-order valence-electron chi connectivity index (χ4n) is 5.62. The molecule has 0 aliphatic carbocycles. The van der Waals surface area contributed by atoms with E-state index in [1.807, 2.05) is 6.07 Å². The molecule has 0 saturated carbocycles. The molecule has 1 N–H and O–H groups in total. The lowest BCUT2D eigenvalue weighted by Crippen LogP contribution is -2.63. The number of hydrogen-bond donors (Lipinski definition) is 1. The maximum absolute atomic E-state index is 13.4. The summed E-state index contributed by atoms with van der Waals surface area (Å²) in [7, 11) is -3.69. The summed E-state index contributed by atoms with van der Waals surface area (Å²) in [4.78, 5) is 13.6. The lowest BCUT2D eigenvalue weighted by molar-refractivity contribution is -0.131. The molecule has 0 aromatic heterocycles. The minimum atomic E-state index is -3.69. The van der Waals surface area contributed by atoms with Gasteiger partial charge in [-0.25, -0.2) is 13.2 Å². The fourth-order valence-corrected chi connectivity index (χ4v) is 7.20. The number of rotatable bonds is 5. The minimum Gasteiger partial charge on any atom is -0.478 e. The Morgan fingerprint density at radius 3 is 2.87 bits per heavy atom. The molecule has 0 bridgehead atoms. The van der Waals surface area contributed by atoms with E-state index >= 15 is 0 Å². The lowest BCUT2D eigenvalue weighted by atomic mass is 9.68. The van der Waals surface area contributed by atoms with Gasteiger partial charge in [-0.15, -0.1) is 0 Å². The van der Waals surface area contributed by atoms with E-state index < -0.39 is 16.0 Å². The van der Waals surface area contributed by atoms with Crippen LogP contribution in [0.1, 0.15) is 31.2 Å². The second kappa shape index (κ2) is 8.50. The predicted octanol–water partition coefficient (Wildman–Crippen LogP) is 2.31. The third kappa shape index (κ3) is 4.02. The van der Waals surface area contributed by atoms with E-state index in [1.165, 1.54) is 12.1 Å². The van der Waals surface area contributed by atoms with Crippen LogP contribution in [0.2, 0.25) is 0 Å². The predicted molar refractivity (Wildman–Crippen MR) is 111 cm³/mol. The van der Waals surface area contributed by atoms with Gasteiger partial charge in [-0.05, 0) is 74.7 Å². The Hall–Kier alpha value is -2.21. The number of nitrogens with zero attached hydrogens (tertiary/aromatic N) is 3. The van der Waals surface area contributed by atoms with Crippen LogP contribution in [0.3, 0.4) is 0 Å². The third-order valence-corrected chi connectivity index (χ3v) is 8.74. The summed E-state index contributed by atoms with van der Waals surface area (Å²) in [6.07, 6.45) is 6.61. The molecule has 3 aliphatic rings. The van der Waals surface area contributed by atoms with E-state index in [9.17, 15) is 13.2 Å². The summed E-state index contributed by atoms with van der Waals surface area (Å²) in [6, 6.07) is 8.61. The average Bonchev–Trinajstić information content (AvgIpc) is 2.75. The second-order valence-electron chi connectivity index (χ2n) is 8.58. The highest BCUT2D eigenvalue weighted by atomic mass is 32.2. The maximum atomic E-state index is 13.4. The van der Waals surface area contributed by atoms with E-state index in [0.29, 0.717) is 31.1 Å². The highest BCUT2D eigenvalue weighted by molar-refractivity contribution is 7.89. The highest BCUT2D eigenvalue weighted by Crippen LogP contribution is 2.44. The van der Waals surface area contributed by atoms with Crippen molar-refractivity contribution >= 4 is 16.0 Å². The van der Waals surface area contributed by atoms with E-state index in [0.717, 1.165) is 32.4 Å². The van der Waals surface area contributed by atoms with Crippen molar-refractivity contribution in [2.24, 2.45) is 17.8 Å². The van der Waals surface area contributed by atoms with Gasteiger partial charge in [0.05, 0.1) is 16.5 Å². The summed E-state index contributed by atoms with van der Waals surface area (Å²) < 4.78 is 28.4. The summed E-state index contributed by atoms with van der Waals surface area (Å²) in [5.74, 6) is -0.207. The molecule has 8 heteroatoms. The molecule has 3 fully saturated rings. The van der Waals surface area contributed by atoms with E-state index in [-0.39, 0.29) is 22.6 Å². The number of aliphatic carboxylic acids is 1. The van der Waals surface area contributed by atoms with Crippen molar-refractivity contribution in [2.45, 2.75) is 36.6 Å². The van der Waals surface area contributed by atoms with Gasteiger partial charge in [0.2, 0.25) is 10.0 Å². The van der Waals surface area contributed by atoms with Crippen LogP contribution in [-0.2, 0) is 14.8 Å². The molecular formula is C22H27N3O4S. The Kier molecular flexibility index (Phi) is 5.96. The maximum Gasteiger partial charge on any atom is 0.327 e. The van der Waals surface area contributed by atoms with Gasteiger partial charge in [-0.1, -0.05) is 12.1 Å². The SMILES string of the molecule is N#Cc1cccc(S(=O)(=O)N2CC3CCCN4CCC(C/C=C/C(=O)O)C(C2)C34)c1. The molecule has 4 rings (SSSR count). The molecule has 7 nitrogen and oxygen atoms in total. The minimum absolute atomic E-state index is 0.172. The topological polar surface area (TPSA) is 102 Å². The molecule has 160 valence electrons. The number of hydrogen-bond acceptors (Lipinski definition) is 5. The molecule has 4 unspecified atom stereocenters. The van der Waals surface area contributed by atoms with Crippen LogP contribution in [0.5, 0.6) is 0 Å². The quantitative estimate of drug-likeness (QED) is 0.721. The Labute approximate surface area is 177 Å². The molecule has 1 aromatic rings. The van der Waals surface area contributed by atoms with Crippen molar-refractivity contribution in [3.63, 3.8) is 0 Å². The molecule has 1 aromatic carbocycles. The molecule has 3 saturated heterocycles. The first-order valence-corrected chi connectivity index (χ1v) is 12.0. The second-order valence-corrected chi connectivity index (χ2v) is 10.5. The number of allylic oxidation sites excluding steroid dienone is 1. The zero-order chi connectivity index (χ0) is 21.3. The van der Waals surface area contributed by atoms with Gasteiger partial charge < -0.3 is 5.11 Å². The normalized spacial score (nSPS) is 30.0. The van der Waals surface area contributed by atoms with Crippen molar-refractivity contribution in [3.05, 3.63) is 42.0 Å². The summed E-state index contributed by atoms with van der Waals surface area (Å²) in [6.45, 7) is 3.02. The molecule has 0 radical (unpaired) electrons. The first kappa shape index (κ1) is 21.0. The average molecular weight is 430 g/mol. The van der Waals surface area contributed by atoms with Gasteiger partial charge in [-0.3, -0.25) is 4.90 Å². The molecular weight excluding hydrogens is 402 g/mol. The number of carboxylic acid groups (broad SMARTS) is 1. The van der Waals surface area contributed by atoms with Crippen molar-refractivity contribution in [2.75, 3.05) is 26.2 Å². The first-order valence-electron chi connectivity index (χ1n) is 10.5. The first-order chi connectivity index (χ1) is 14.4. The van der Waals surface area contributed by atoms with Crippen LogP contribution >= 0.6 is 0 Å². The zero-order valence-corrected chi connectivity index (χ0v) is 17.7. The van der Waals surface area contributed by atoms with Crippen LogP contribution in [0.4, 0.5) is 0 Å². The number of piperidine rings is 3. The Morgan fingerprint density at radius 2 is 2.10 bits per heavy atom. The molecule has 0 amide bonds. The molecule has 30 heavy (non-hydrogen) atoms. The Balaban J connectivity index is 1.62. The largest absolute Gasteiger partial charge is 0.478 e. The summed E-state index contributed by atoms with van der Waals surface area (Å²) >= 11 is 0. The number of carbonyl (C=O) groups is 1.